The van der Waals surface area contributed by atoms with Gasteiger partial charge in [-0.05, 0) is 25.1 Å². The van der Waals surface area contributed by atoms with E-state index < -0.39 is 0 Å². The van der Waals surface area contributed by atoms with Crippen molar-refractivity contribution in [3.63, 3.8) is 0 Å². The van der Waals surface area contributed by atoms with Crippen LogP contribution in [0.3, 0.4) is 0 Å². The number of rotatable bonds is 7. The van der Waals surface area contributed by atoms with Gasteiger partial charge in [0.15, 0.2) is 0 Å². The molecule has 2 aromatic carbocycles. The van der Waals surface area contributed by atoms with E-state index in [9.17, 15) is 5.11 Å². The molecule has 1 atom stereocenters. The summed E-state index contributed by atoms with van der Waals surface area (Å²) in [4.78, 5) is 0. The summed E-state index contributed by atoms with van der Waals surface area (Å²) in [7, 11) is 1.63. The molecular weight excluding hydrogens is 266 g/mol. The number of aliphatic hydroxyl groups is 1. The van der Waals surface area contributed by atoms with E-state index in [2.05, 4.69) is 5.32 Å². The lowest BCUT2D eigenvalue weighted by Gasteiger charge is -2.21. The minimum atomic E-state index is -0.236. The van der Waals surface area contributed by atoms with Crippen molar-refractivity contribution in [3.8, 4) is 11.5 Å². The number of nitrogens with one attached hydrogen (secondary N) is 1. The molecule has 21 heavy (non-hydrogen) atoms. The van der Waals surface area contributed by atoms with Crippen LogP contribution in [0.4, 0.5) is 5.69 Å². The van der Waals surface area contributed by atoms with Gasteiger partial charge >= 0.3 is 0 Å². The number of hydrogen-bond donors (Lipinski definition) is 2. The Morgan fingerprint density at radius 1 is 1.14 bits per heavy atom. The van der Waals surface area contributed by atoms with Crippen molar-refractivity contribution in [3.05, 3.63) is 54.1 Å². The normalized spacial score (nSPS) is 11.8. The second kappa shape index (κ2) is 7.55. The Hall–Kier alpha value is -2.20. The van der Waals surface area contributed by atoms with Crippen molar-refractivity contribution in [2.24, 2.45) is 0 Å². The minimum absolute atomic E-state index is 0.0265. The van der Waals surface area contributed by atoms with Crippen LogP contribution in [-0.2, 0) is 0 Å². The molecule has 112 valence electrons. The Labute approximate surface area is 125 Å². The first-order chi connectivity index (χ1) is 10.3. The fraction of sp³-hybridized carbons (Fsp3) is 0.294. The summed E-state index contributed by atoms with van der Waals surface area (Å²) in [5.74, 6) is 1.56. The van der Waals surface area contributed by atoms with Gasteiger partial charge in [-0.3, -0.25) is 0 Å². The van der Waals surface area contributed by atoms with Crippen molar-refractivity contribution in [2.45, 2.75) is 13.0 Å². The topological polar surface area (TPSA) is 50.7 Å². The van der Waals surface area contributed by atoms with E-state index in [0.717, 1.165) is 22.7 Å². The average Bonchev–Trinajstić information content (AvgIpc) is 2.54. The highest BCUT2D eigenvalue weighted by atomic mass is 16.5. The van der Waals surface area contributed by atoms with Crippen LogP contribution in [0.1, 0.15) is 18.5 Å². The van der Waals surface area contributed by atoms with Crippen molar-refractivity contribution < 1.29 is 14.6 Å². The molecule has 0 bridgehead atoms. The molecule has 0 amide bonds. The van der Waals surface area contributed by atoms with Gasteiger partial charge in [-0.15, -0.1) is 0 Å². The Balaban J connectivity index is 2.23. The summed E-state index contributed by atoms with van der Waals surface area (Å²) in [5.41, 5.74) is 1.82. The fourth-order valence-electron chi connectivity index (χ4n) is 2.19. The summed E-state index contributed by atoms with van der Waals surface area (Å²) < 4.78 is 10.8. The van der Waals surface area contributed by atoms with Crippen LogP contribution in [0.2, 0.25) is 0 Å². The maximum Gasteiger partial charge on any atom is 0.124 e. The van der Waals surface area contributed by atoms with Crippen LogP contribution in [0.25, 0.3) is 0 Å². The van der Waals surface area contributed by atoms with Crippen LogP contribution < -0.4 is 14.8 Å². The number of anilines is 1. The lowest BCUT2D eigenvalue weighted by Crippen LogP contribution is -2.16. The zero-order chi connectivity index (χ0) is 15.1. The maximum absolute atomic E-state index is 9.71. The smallest absolute Gasteiger partial charge is 0.124 e. The van der Waals surface area contributed by atoms with E-state index in [1.54, 1.807) is 7.11 Å². The van der Waals surface area contributed by atoms with E-state index in [1.807, 2.05) is 55.5 Å². The average molecular weight is 287 g/mol. The predicted octanol–water partition coefficient (Wildman–Crippen LogP) is 3.24. The summed E-state index contributed by atoms with van der Waals surface area (Å²) >= 11 is 0. The zero-order valence-corrected chi connectivity index (χ0v) is 12.4. The molecule has 0 heterocycles. The van der Waals surface area contributed by atoms with Crippen molar-refractivity contribution >= 4 is 5.69 Å². The van der Waals surface area contributed by atoms with E-state index in [4.69, 9.17) is 9.47 Å². The Morgan fingerprint density at radius 3 is 2.67 bits per heavy atom. The van der Waals surface area contributed by atoms with Gasteiger partial charge in [0.25, 0.3) is 0 Å². The van der Waals surface area contributed by atoms with Crippen LogP contribution in [0, 0.1) is 0 Å². The van der Waals surface area contributed by atoms with Gasteiger partial charge in [0.2, 0.25) is 0 Å². The number of hydrogen-bond acceptors (Lipinski definition) is 4. The standard InChI is InChI=1S/C17H21NO3/c1-3-21-17-10-5-4-9-15(17)16(12-19)18-13-7-6-8-14(11-13)20-2/h4-11,16,18-19H,3,12H2,1-2H3. The van der Waals surface area contributed by atoms with Crippen molar-refractivity contribution in [1.82, 2.24) is 0 Å². The van der Waals surface area contributed by atoms with Crippen LogP contribution in [-0.4, -0.2) is 25.4 Å². The van der Waals surface area contributed by atoms with Gasteiger partial charge in [0.1, 0.15) is 11.5 Å². The molecule has 0 saturated carbocycles. The molecule has 0 aliphatic carbocycles. The Kier molecular flexibility index (Phi) is 5.46. The SMILES string of the molecule is CCOc1ccccc1C(CO)Nc1cccc(OC)c1. The van der Waals surface area contributed by atoms with Crippen LogP contribution >= 0.6 is 0 Å². The van der Waals surface area contributed by atoms with Gasteiger partial charge in [0.05, 0.1) is 26.4 Å². The van der Waals surface area contributed by atoms with Gasteiger partial charge in [-0.2, -0.15) is 0 Å². The Bertz CT molecular complexity index is 571. The summed E-state index contributed by atoms with van der Waals surface area (Å²) in [6.45, 7) is 2.51. The van der Waals surface area contributed by atoms with Gasteiger partial charge in [-0.1, -0.05) is 24.3 Å². The third-order valence-corrected chi connectivity index (χ3v) is 3.19. The number of benzene rings is 2. The molecule has 0 radical (unpaired) electrons. The van der Waals surface area contributed by atoms with E-state index >= 15 is 0 Å². The fourth-order valence-corrected chi connectivity index (χ4v) is 2.19. The zero-order valence-electron chi connectivity index (χ0n) is 12.4. The van der Waals surface area contributed by atoms with Crippen LogP contribution in [0.5, 0.6) is 11.5 Å². The highest BCUT2D eigenvalue weighted by Gasteiger charge is 2.15. The minimum Gasteiger partial charge on any atom is -0.497 e. The molecule has 0 spiro atoms. The molecule has 0 fully saturated rings. The molecule has 1 unspecified atom stereocenters. The molecule has 2 aromatic rings. The lowest BCUT2D eigenvalue weighted by molar-refractivity contribution is 0.270. The third kappa shape index (κ3) is 3.89. The first-order valence-electron chi connectivity index (χ1n) is 7.01. The van der Waals surface area contributed by atoms with Gasteiger partial charge < -0.3 is 19.9 Å². The second-order valence-corrected chi connectivity index (χ2v) is 4.58. The van der Waals surface area contributed by atoms with E-state index in [0.29, 0.717) is 6.61 Å². The monoisotopic (exact) mass is 287 g/mol. The largest absolute Gasteiger partial charge is 0.497 e. The third-order valence-electron chi connectivity index (χ3n) is 3.19. The molecule has 0 saturated heterocycles. The van der Waals surface area contributed by atoms with E-state index in [-0.39, 0.29) is 12.6 Å². The predicted molar refractivity (Wildman–Crippen MR) is 84.1 cm³/mol. The molecular formula is C17H21NO3. The summed E-state index contributed by atoms with van der Waals surface area (Å²) in [5, 5.41) is 13.0. The van der Waals surface area contributed by atoms with Crippen LogP contribution in [0.15, 0.2) is 48.5 Å². The highest BCUT2D eigenvalue weighted by Crippen LogP contribution is 2.28. The number of ether oxygens (including phenoxy) is 2. The molecule has 0 aliphatic heterocycles. The summed E-state index contributed by atoms with van der Waals surface area (Å²) in [6, 6.07) is 15.1. The molecule has 2 N–H and O–H groups in total. The van der Waals surface area contributed by atoms with Gasteiger partial charge in [0, 0.05) is 17.3 Å². The molecule has 4 heteroatoms. The first-order valence-corrected chi connectivity index (χ1v) is 7.01. The Morgan fingerprint density at radius 2 is 1.95 bits per heavy atom. The van der Waals surface area contributed by atoms with Crippen molar-refractivity contribution in [2.75, 3.05) is 25.6 Å². The first kappa shape index (κ1) is 15.2. The molecule has 0 aliphatic rings. The maximum atomic E-state index is 9.71. The quantitative estimate of drug-likeness (QED) is 0.821. The van der Waals surface area contributed by atoms with E-state index in [1.165, 1.54) is 0 Å². The molecule has 4 nitrogen and oxygen atoms in total. The van der Waals surface area contributed by atoms with Crippen molar-refractivity contribution in [1.29, 1.82) is 0 Å². The molecule has 0 aromatic heterocycles. The highest BCUT2D eigenvalue weighted by molar-refractivity contribution is 5.51. The second-order valence-electron chi connectivity index (χ2n) is 4.58. The summed E-state index contributed by atoms with van der Waals surface area (Å²) in [6.07, 6.45) is 0. The lowest BCUT2D eigenvalue weighted by atomic mass is 10.1. The number of para-hydroxylation sites is 1. The molecule has 2 rings (SSSR count). The van der Waals surface area contributed by atoms with Gasteiger partial charge in [-0.25, -0.2) is 0 Å². The number of methoxy groups -OCH3 is 1. The number of aliphatic hydroxyl groups excluding tert-OH is 1.